The molecule has 0 amide bonds. The molecular weight excluding hydrogens is 254 g/mol. The summed E-state index contributed by atoms with van der Waals surface area (Å²) < 4.78 is 9.99. The molecule has 1 aromatic rings. The minimum Gasteiger partial charge on any atom is -0.484 e. The molecule has 0 atom stereocenters. The number of hydrogen-bond donors (Lipinski definition) is 1. The van der Waals surface area contributed by atoms with Gasteiger partial charge in [-0.2, -0.15) is 0 Å². The Balaban J connectivity index is 2.94. The lowest BCUT2D eigenvalue weighted by Gasteiger charge is -2.06. The van der Waals surface area contributed by atoms with Gasteiger partial charge in [-0.25, -0.2) is 4.79 Å². The monoisotopic (exact) mass is 267 g/mol. The summed E-state index contributed by atoms with van der Waals surface area (Å²) in [6.07, 6.45) is 2.18. The van der Waals surface area contributed by atoms with Crippen molar-refractivity contribution in [3.8, 4) is 5.75 Å². The zero-order valence-corrected chi connectivity index (χ0v) is 10.2. The van der Waals surface area contributed by atoms with Gasteiger partial charge in [0.2, 0.25) is 0 Å². The lowest BCUT2D eigenvalue weighted by molar-refractivity contribution is -0.385. The predicted molar refractivity (Wildman–Crippen MR) is 67.1 cm³/mol. The average Bonchev–Trinajstić information content (AvgIpc) is 2.37. The van der Waals surface area contributed by atoms with Crippen LogP contribution in [0.1, 0.15) is 5.56 Å². The Kier molecular flexibility index (Phi) is 5.49. The Morgan fingerprint density at radius 2 is 2.21 bits per heavy atom. The molecule has 102 valence electrons. The third-order valence-corrected chi connectivity index (χ3v) is 2.14. The lowest BCUT2D eigenvalue weighted by atomic mass is 10.1. The summed E-state index contributed by atoms with van der Waals surface area (Å²) in [5.41, 5.74) is 0.192. The fourth-order valence-electron chi connectivity index (χ4n) is 1.31. The standard InChI is InChI=1S/C12H13NO6/c1-18-6-7-19-11-4-2-9(3-5-12(14)15)8-10(11)13(16)17/h2-5,8H,6-7H2,1H3,(H,14,15). The van der Waals surface area contributed by atoms with Crippen molar-refractivity contribution >= 4 is 17.7 Å². The summed E-state index contributed by atoms with van der Waals surface area (Å²) >= 11 is 0. The smallest absolute Gasteiger partial charge is 0.328 e. The van der Waals surface area contributed by atoms with Crippen LogP contribution in [0, 0.1) is 10.1 Å². The molecule has 7 heteroatoms. The maximum Gasteiger partial charge on any atom is 0.328 e. The van der Waals surface area contributed by atoms with Gasteiger partial charge in [0.15, 0.2) is 5.75 Å². The van der Waals surface area contributed by atoms with Crippen molar-refractivity contribution in [1.29, 1.82) is 0 Å². The van der Waals surface area contributed by atoms with Gasteiger partial charge in [-0.05, 0) is 17.7 Å². The largest absolute Gasteiger partial charge is 0.484 e. The molecule has 1 rings (SSSR count). The first kappa shape index (κ1) is 14.7. The van der Waals surface area contributed by atoms with Gasteiger partial charge in [-0.3, -0.25) is 10.1 Å². The van der Waals surface area contributed by atoms with E-state index in [1.54, 1.807) is 0 Å². The maximum absolute atomic E-state index is 10.9. The highest BCUT2D eigenvalue weighted by Gasteiger charge is 2.15. The third-order valence-electron chi connectivity index (χ3n) is 2.14. The second-order valence-corrected chi connectivity index (χ2v) is 3.50. The van der Waals surface area contributed by atoms with Gasteiger partial charge < -0.3 is 14.6 Å². The van der Waals surface area contributed by atoms with Gasteiger partial charge in [0.25, 0.3) is 0 Å². The van der Waals surface area contributed by atoms with E-state index in [9.17, 15) is 14.9 Å². The zero-order valence-electron chi connectivity index (χ0n) is 10.2. The molecule has 0 unspecified atom stereocenters. The number of rotatable bonds is 7. The summed E-state index contributed by atoms with van der Waals surface area (Å²) in [5, 5.41) is 19.4. The van der Waals surface area contributed by atoms with Gasteiger partial charge in [-0.1, -0.05) is 6.07 Å². The van der Waals surface area contributed by atoms with E-state index in [1.165, 1.54) is 31.4 Å². The second-order valence-electron chi connectivity index (χ2n) is 3.50. The number of carboxylic acids is 1. The molecule has 0 saturated carbocycles. The third kappa shape index (κ3) is 4.76. The number of carboxylic acid groups (broad SMARTS) is 1. The quantitative estimate of drug-likeness (QED) is 0.349. The minimum atomic E-state index is -1.12. The molecule has 0 aliphatic carbocycles. The van der Waals surface area contributed by atoms with Crippen LogP contribution in [0.2, 0.25) is 0 Å². The van der Waals surface area contributed by atoms with Crippen molar-refractivity contribution in [3.63, 3.8) is 0 Å². The van der Waals surface area contributed by atoms with Crippen molar-refractivity contribution in [2.45, 2.75) is 0 Å². The molecule has 0 aromatic heterocycles. The number of nitro groups is 1. The number of aliphatic carboxylic acids is 1. The minimum absolute atomic E-state index is 0.120. The van der Waals surface area contributed by atoms with E-state index in [2.05, 4.69) is 0 Å². The summed E-state index contributed by atoms with van der Waals surface area (Å²) in [4.78, 5) is 20.7. The van der Waals surface area contributed by atoms with Crippen LogP contribution < -0.4 is 4.74 Å². The molecule has 0 aliphatic heterocycles. The Morgan fingerprint density at radius 3 is 2.79 bits per heavy atom. The van der Waals surface area contributed by atoms with Crippen molar-refractivity contribution < 1.29 is 24.3 Å². The Morgan fingerprint density at radius 1 is 1.47 bits per heavy atom. The van der Waals surface area contributed by atoms with Gasteiger partial charge in [-0.15, -0.1) is 0 Å². The van der Waals surface area contributed by atoms with E-state index in [-0.39, 0.29) is 18.0 Å². The van der Waals surface area contributed by atoms with Crippen LogP contribution in [-0.2, 0) is 9.53 Å². The lowest BCUT2D eigenvalue weighted by Crippen LogP contribution is -2.06. The number of carbonyl (C=O) groups is 1. The maximum atomic E-state index is 10.9. The van der Waals surface area contributed by atoms with E-state index in [1.807, 2.05) is 0 Å². The van der Waals surface area contributed by atoms with Crippen molar-refractivity contribution in [3.05, 3.63) is 40.0 Å². The van der Waals surface area contributed by atoms with Gasteiger partial charge in [0.1, 0.15) is 6.61 Å². The molecule has 0 radical (unpaired) electrons. The summed E-state index contributed by atoms with van der Waals surface area (Å²) in [7, 11) is 1.50. The molecule has 0 bridgehead atoms. The highest BCUT2D eigenvalue weighted by Crippen LogP contribution is 2.28. The van der Waals surface area contributed by atoms with Crippen LogP contribution in [0.25, 0.3) is 6.08 Å². The number of hydrogen-bond acceptors (Lipinski definition) is 5. The summed E-state index contributed by atoms with van der Waals surface area (Å²) in [5.74, 6) is -1.00. The topological polar surface area (TPSA) is 98.9 Å². The molecule has 0 spiro atoms. The Bertz CT molecular complexity index is 497. The SMILES string of the molecule is COCCOc1ccc(C=CC(=O)O)cc1[N+](=O)[O-]. The highest BCUT2D eigenvalue weighted by atomic mass is 16.6. The first-order valence-electron chi connectivity index (χ1n) is 5.35. The van der Waals surface area contributed by atoms with Crippen LogP contribution in [0.15, 0.2) is 24.3 Å². The predicted octanol–water partition coefficient (Wildman–Crippen LogP) is 1.72. The molecule has 7 nitrogen and oxygen atoms in total. The molecule has 1 aromatic carbocycles. The van der Waals surface area contributed by atoms with E-state index >= 15 is 0 Å². The summed E-state index contributed by atoms with van der Waals surface area (Å²) in [6.45, 7) is 0.513. The molecular formula is C12H13NO6. The fraction of sp³-hybridized carbons (Fsp3) is 0.250. The van der Waals surface area contributed by atoms with Gasteiger partial charge in [0.05, 0.1) is 11.5 Å². The second kappa shape index (κ2) is 7.12. The van der Waals surface area contributed by atoms with Crippen LogP contribution in [0.5, 0.6) is 5.75 Å². The van der Waals surface area contributed by atoms with E-state index in [0.717, 1.165) is 6.08 Å². The molecule has 0 heterocycles. The summed E-state index contributed by atoms with van der Waals surface area (Å²) in [6, 6.07) is 4.21. The van der Waals surface area contributed by atoms with Gasteiger partial charge >= 0.3 is 11.7 Å². The van der Waals surface area contributed by atoms with Crippen molar-refractivity contribution in [2.24, 2.45) is 0 Å². The first-order chi connectivity index (χ1) is 9.04. The van der Waals surface area contributed by atoms with E-state index in [0.29, 0.717) is 12.2 Å². The van der Waals surface area contributed by atoms with Gasteiger partial charge in [0, 0.05) is 19.3 Å². The van der Waals surface area contributed by atoms with Crippen molar-refractivity contribution in [1.82, 2.24) is 0 Å². The highest BCUT2D eigenvalue weighted by molar-refractivity contribution is 5.85. The molecule has 0 aliphatic rings. The molecule has 1 N–H and O–H groups in total. The number of ether oxygens (including phenoxy) is 2. The molecule has 19 heavy (non-hydrogen) atoms. The molecule has 0 saturated heterocycles. The van der Waals surface area contributed by atoms with Crippen LogP contribution >= 0.6 is 0 Å². The van der Waals surface area contributed by atoms with E-state index in [4.69, 9.17) is 14.6 Å². The fourth-order valence-corrected chi connectivity index (χ4v) is 1.31. The Hall–Kier alpha value is -2.41. The zero-order chi connectivity index (χ0) is 14.3. The number of nitro benzene ring substituents is 1. The normalized spacial score (nSPS) is 10.6. The molecule has 0 fully saturated rings. The van der Waals surface area contributed by atoms with E-state index < -0.39 is 10.9 Å². The van der Waals surface area contributed by atoms with Crippen molar-refractivity contribution in [2.75, 3.05) is 20.3 Å². The number of benzene rings is 1. The number of methoxy groups -OCH3 is 1. The van der Waals surface area contributed by atoms with Crippen LogP contribution in [0.3, 0.4) is 0 Å². The Labute approximate surface area is 109 Å². The average molecular weight is 267 g/mol. The first-order valence-corrected chi connectivity index (χ1v) is 5.35. The van der Waals surface area contributed by atoms with Crippen LogP contribution in [-0.4, -0.2) is 36.3 Å². The number of nitrogens with zero attached hydrogens (tertiary/aromatic N) is 1. The van der Waals surface area contributed by atoms with Crippen LogP contribution in [0.4, 0.5) is 5.69 Å².